The van der Waals surface area contributed by atoms with Crippen molar-refractivity contribution < 1.29 is 4.79 Å². The van der Waals surface area contributed by atoms with Crippen molar-refractivity contribution in [3.05, 3.63) is 4.91 Å². The number of halogens is 1. The number of nitroso groups, excluding NO2 is 1. The lowest BCUT2D eigenvalue weighted by atomic mass is 9.95. The highest BCUT2D eigenvalue weighted by atomic mass is 35.5. The molecule has 1 aliphatic rings. The third-order valence-corrected chi connectivity index (χ3v) is 2.93. The van der Waals surface area contributed by atoms with Gasteiger partial charge >= 0.3 is 6.03 Å². The van der Waals surface area contributed by atoms with Crippen LogP contribution in [0.4, 0.5) is 4.79 Å². The fourth-order valence-electron chi connectivity index (χ4n) is 1.54. The Morgan fingerprint density at radius 3 is 2.71 bits per heavy atom. The number of nitrogens with one attached hydrogen (secondary N) is 1. The molecule has 0 radical (unpaired) electrons. The van der Waals surface area contributed by atoms with Crippen LogP contribution in [-0.2, 0) is 0 Å². The number of urea groups is 1. The highest BCUT2D eigenvalue weighted by Gasteiger charge is 2.25. The van der Waals surface area contributed by atoms with E-state index in [0.29, 0.717) is 0 Å². The van der Waals surface area contributed by atoms with Crippen molar-refractivity contribution >= 4 is 17.6 Å². The highest BCUT2D eigenvalue weighted by molar-refractivity contribution is 6.21. The summed E-state index contributed by atoms with van der Waals surface area (Å²) in [6.07, 6.45) is 3.94. The summed E-state index contributed by atoms with van der Waals surface area (Å²) in [5.74, 6) is 0. The molecule has 0 aromatic rings. The van der Waals surface area contributed by atoms with Crippen LogP contribution in [0.3, 0.4) is 0 Å². The third kappa shape index (κ3) is 2.83. The Hall–Kier alpha value is -0.840. The van der Waals surface area contributed by atoms with Crippen LogP contribution in [0.15, 0.2) is 5.29 Å². The molecule has 0 bridgehead atoms. The summed E-state index contributed by atoms with van der Waals surface area (Å²) >= 11 is 6.03. The number of amides is 2. The summed E-state index contributed by atoms with van der Waals surface area (Å²) in [4.78, 5) is 21.3. The maximum absolute atomic E-state index is 11.3. The van der Waals surface area contributed by atoms with Crippen molar-refractivity contribution in [3.63, 3.8) is 0 Å². The lowest BCUT2D eigenvalue weighted by molar-refractivity contribution is 0.202. The van der Waals surface area contributed by atoms with Gasteiger partial charge in [-0.15, -0.1) is 16.5 Å². The van der Waals surface area contributed by atoms with Gasteiger partial charge in [0.2, 0.25) is 0 Å². The van der Waals surface area contributed by atoms with E-state index < -0.39 is 6.03 Å². The molecule has 1 N–H and O–H groups in total. The Bertz CT molecular complexity index is 225. The van der Waals surface area contributed by atoms with Gasteiger partial charge in [0.1, 0.15) is 0 Å². The molecule has 1 rings (SSSR count). The molecule has 6 heteroatoms. The van der Waals surface area contributed by atoms with Crippen LogP contribution in [0.1, 0.15) is 25.7 Å². The van der Waals surface area contributed by atoms with E-state index in [1.165, 1.54) is 7.05 Å². The minimum Gasteiger partial charge on any atom is -0.332 e. The normalized spacial score (nSPS) is 26.7. The summed E-state index contributed by atoms with van der Waals surface area (Å²) in [5.41, 5.74) is 0. The van der Waals surface area contributed by atoms with E-state index in [1.807, 2.05) is 0 Å². The van der Waals surface area contributed by atoms with Crippen LogP contribution in [-0.4, -0.2) is 29.5 Å². The molecule has 1 fully saturated rings. The molecule has 0 unspecified atom stereocenters. The lowest BCUT2D eigenvalue weighted by Crippen LogP contribution is -2.46. The van der Waals surface area contributed by atoms with Gasteiger partial charge in [-0.1, -0.05) is 12.8 Å². The number of nitrogens with zero attached hydrogens (tertiary/aromatic N) is 2. The zero-order chi connectivity index (χ0) is 10.6. The van der Waals surface area contributed by atoms with E-state index in [4.69, 9.17) is 11.6 Å². The first-order valence-electron chi connectivity index (χ1n) is 4.66. The molecule has 80 valence electrons. The molecular weight excluding hydrogens is 206 g/mol. The Morgan fingerprint density at radius 2 is 2.14 bits per heavy atom. The third-order valence-electron chi connectivity index (χ3n) is 2.41. The van der Waals surface area contributed by atoms with Gasteiger partial charge in [-0.25, -0.2) is 4.79 Å². The molecule has 0 aromatic heterocycles. The lowest BCUT2D eigenvalue weighted by Gasteiger charge is -2.28. The van der Waals surface area contributed by atoms with Crippen LogP contribution in [0.5, 0.6) is 0 Å². The number of hydrogen-bond acceptors (Lipinski definition) is 3. The van der Waals surface area contributed by atoms with Crippen LogP contribution in [0, 0.1) is 4.91 Å². The largest absolute Gasteiger partial charge is 0.340 e. The summed E-state index contributed by atoms with van der Waals surface area (Å²) in [6.45, 7) is 0. The van der Waals surface area contributed by atoms with Gasteiger partial charge in [0, 0.05) is 13.1 Å². The van der Waals surface area contributed by atoms with E-state index in [-0.39, 0.29) is 11.4 Å². The van der Waals surface area contributed by atoms with Crippen LogP contribution in [0.25, 0.3) is 0 Å². The summed E-state index contributed by atoms with van der Waals surface area (Å²) in [7, 11) is 1.31. The molecule has 0 saturated heterocycles. The van der Waals surface area contributed by atoms with E-state index >= 15 is 0 Å². The predicted molar refractivity (Wildman–Crippen MR) is 54.0 cm³/mol. The monoisotopic (exact) mass is 219 g/mol. The van der Waals surface area contributed by atoms with Gasteiger partial charge in [-0.2, -0.15) is 5.01 Å². The Labute approximate surface area is 87.7 Å². The topological polar surface area (TPSA) is 61.8 Å². The minimum atomic E-state index is -0.488. The van der Waals surface area contributed by atoms with Crippen LogP contribution < -0.4 is 5.32 Å². The van der Waals surface area contributed by atoms with E-state index in [0.717, 1.165) is 30.7 Å². The molecule has 0 spiro atoms. The summed E-state index contributed by atoms with van der Waals surface area (Å²) in [5, 5.41) is 5.89. The van der Waals surface area contributed by atoms with E-state index in [1.54, 1.807) is 0 Å². The maximum atomic E-state index is 11.3. The second kappa shape index (κ2) is 5.14. The molecule has 2 atom stereocenters. The fraction of sp³-hybridized carbons (Fsp3) is 0.875. The minimum absolute atomic E-state index is 0.0345. The Morgan fingerprint density at radius 1 is 1.50 bits per heavy atom. The van der Waals surface area contributed by atoms with Crippen molar-refractivity contribution in [1.82, 2.24) is 10.3 Å². The van der Waals surface area contributed by atoms with Crippen molar-refractivity contribution in [3.8, 4) is 0 Å². The molecule has 1 saturated carbocycles. The van der Waals surface area contributed by atoms with Crippen molar-refractivity contribution in [2.75, 3.05) is 7.05 Å². The average Bonchev–Trinajstić information content (AvgIpc) is 2.20. The van der Waals surface area contributed by atoms with Gasteiger partial charge < -0.3 is 5.32 Å². The van der Waals surface area contributed by atoms with Crippen molar-refractivity contribution in [2.24, 2.45) is 5.29 Å². The second-order valence-corrected chi connectivity index (χ2v) is 4.02. The molecule has 1 aliphatic carbocycles. The summed E-state index contributed by atoms with van der Waals surface area (Å²) < 4.78 is 0. The Kier molecular flexibility index (Phi) is 4.13. The molecule has 14 heavy (non-hydrogen) atoms. The van der Waals surface area contributed by atoms with Gasteiger partial charge in [0.15, 0.2) is 0 Å². The number of hydrogen-bond donors (Lipinski definition) is 1. The van der Waals surface area contributed by atoms with Gasteiger partial charge in [0.25, 0.3) is 0 Å². The quantitative estimate of drug-likeness (QED) is 0.438. The molecule has 5 nitrogen and oxygen atoms in total. The van der Waals surface area contributed by atoms with Crippen LogP contribution >= 0.6 is 11.6 Å². The van der Waals surface area contributed by atoms with Gasteiger partial charge in [-0.3, -0.25) is 0 Å². The molecular formula is C8H14ClN3O2. The first kappa shape index (κ1) is 11.2. The molecule has 2 amide bonds. The van der Waals surface area contributed by atoms with E-state index in [9.17, 15) is 9.70 Å². The van der Waals surface area contributed by atoms with E-state index in [2.05, 4.69) is 10.6 Å². The predicted octanol–water partition coefficient (Wildman–Crippen LogP) is 1.86. The number of carbonyl (C=O) groups is 1. The van der Waals surface area contributed by atoms with Crippen molar-refractivity contribution in [1.29, 1.82) is 0 Å². The maximum Gasteiger partial charge on any atom is 0.340 e. The Balaban J connectivity index is 2.42. The SMILES string of the molecule is CN(N=O)C(=O)N[C@@H]1CCCC[C@@H]1Cl. The molecule has 0 heterocycles. The first-order chi connectivity index (χ1) is 6.65. The number of carbonyl (C=O) groups excluding carboxylic acids is 1. The summed E-state index contributed by atoms with van der Waals surface area (Å²) in [6, 6.07) is -0.528. The van der Waals surface area contributed by atoms with Crippen molar-refractivity contribution in [2.45, 2.75) is 37.1 Å². The van der Waals surface area contributed by atoms with Gasteiger partial charge in [0.05, 0.1) is 10.7 Å². The fourth-order valence-corrected chi connectivity index (χ4v) is 1.88. The average molecular weight is 220 g/mol. The standard InChI is InChI=1S/C8H14ClN3O2/c1-12(11-14)8(13)10-7-5-3-2-4-6(7)9/h6-7H,2-5H2,1H3,(H,10,13)/t6-,7+/m0/s1. The zero-order valence-electron chi connectivity index (χ0n) is 8.07. The second-order valence-electron chi connectivity index (χ2n) is 3.46. The number of alkyl halides is 1. The zero-order valence-corrected chi connectivity index (χ0v) is 8.83. The first-order valence-corrected chi connectivity index (χ1v) is 5.10. The number of rotatable bonds is 2. The molecule has 0 aliphatic heterocycles. The molecule has 0 aromatic carbocycles. The van der Waals surface area contributed by atoms with Gasteiger partial charge in [-0.05, 0) is 12.8 Å². The van der Waals surface area contributed by atoms with Crippen LogP contribution in [0.2, 0.25) is 0 Å². The smallest absolute Gasteiger partial charge is 0.332 e. The highest BCUT2D eigenvalue weighted by Crippen LogP contribution is 2.23.